The standard InChI is InChI=1S/C16H30N4O.HI/c1-7-12(8-2)14-10-13(21-20-14)11-18-15(17-9-3)19-16(4,5)6;/h10,12H,7-9,11H2,1-6H3,(H2,17,18,19);1H. The number of aromatic nitrogens is 1. The topological polar surface area (TPSA) is 62.5 Å². The minimum absolute atomic E-state index is 0. The van der Waals surface area contributed by atoms with Gasteiger partial charge in [-0.1, -0.05) is 19.0 Å². The van der Waals surface area contributed by atoms with Gasteiger partial charge >= 0.3 is 0 Å². The molecule has 0 aliphatic rings. The van der Waals surface area contributed by atoms with Gasteiger partial charge in [0.05, 0.1) is 5.69 Å². The van der Waals surface area contributed by atoms with Gasteiger partial charge < -0.3 is 15.2 Å². The van der Waals surface area contributed by atoms with E-state index in [9.17, 15) is 0 Å². The molecule has 0 aliphatic carbocycles. The maximum atomic E-state index is 5.40. The first-order valence-electron chi connectivity index (χ1n) is 7.91. The molecule has 0 aliphatic heterocycles. The molecule has 0 saturated carbocycles. The summed E-state index contributed by atoms with van der Waals surface area (Å²) in [6, 6.07) is 2.03. The monoisotopic (exact) mass is 422 g/mol. The predicted molar refractivity (Wildman–Crippen MR) is 103 cm³/mol. The fourth-order valence-corrected chi connectivity index (χ4v) is 2.12. The number of halogens is 1. The molecule has 128 valence electrons. The van der Waals surface area contributed by atoms with Crippen LogP contribution in [0, 0.1) is 0 Å². The summed E-state index contributed by atoms with van der Waals surface area (Å²) in [5.41, 5.74) is 1.02. The van der Waals surface area contributed by atoms with Gasteiger partial charge in [0, 0.05) is 24.1 Å². The second-order valence-corrected chi connectivity index (χ2v) is 6.30. The van der Waals surface area contributed by atoms with Crippen LogP contribution in [-0.2, 0) is 6.54 Å². The molecule has 0 spiro atoms. The van der Waals surface area contributed by atoms with Crippen molar-refractivity contribution in [3.8, 4) is 0 Å². The highest BCUT2D eigenvalue weighted by atomic mass is 127. The van der Waals surface area contributed by atoms with Crippen LogP contribution in [0.5, 0.6) is 0 Å². The molecule has 0 amide bonds. The van der Waals surface area contributed by atoms with E-state index in [4.69, 9.17) is 4.52 Å². The Morgan fingerprint density at radius 1 is 1.27 bits per heavy atom. The van der Waals surface area contributed by atoms with Gasteiger partial charge in [-0.25, -0.2) is 4.99 Å². The molecule has 0 atom stereocenters. The molecule has 22 heavy (non-hydrogen) atoms. The summed E-state index contributed by atoms with van der Waals surface area (Å²) in [5.74, 6) is 2.08. The molecule has 1 aromatic heterocycles. The average molecular weight is 422 g/mol. The van der Waals surface area contributed by atoms with E-state index >= 15 is 0 Å². The maximum Gasteiger partial charge on any atom is 0.192 e. The van der Waals surface area contributed by atoms with Crippen LogP contribution in [0.2, 0.25) is 0 Å². The van der Waals surface area contributed by atoms with Crippen LogP contribution in [0.1, 0.15) is 71.8 Å². The minimum Gasteiger partial charge on any atom is -0.359 e. The highest BCUT2D eigenvalue weighted by Gasteiger charge is 2.14. The van der Waals surface area contributed by atoms with E-state index in [0.717, 1.165) is 36.8 Å². The predicted octanol–water partition coefficient (Wildman–Crippen LogP) is 4.05. The van der Waals surface area contributed by atoms with Crippen molar-refractivity contribution in [1.82, 2.24) is 15.8 Å². The van der Waals surface area contributed by atoms with Gasteiger partial charge in [-0.3, -0.25) is 0 Å². The first kappa shape index (κ1) is 21.2. The van der Waals surface area contributed by atoms with Gasteiger partial charge in [0.15, 0.2) is 11.7 Å². The molecule has 1 aromatic rings. The van der Waals surface area contributed by atoms with Crippen LogP contribution < -0.4 is 10.6 Å². The molecule has 1 heterocycles. The lowest BCUT2D eigenvalue weighted by Gasteiger charge is -2.23. The number of nitrogens with zero attached hydrogens (tertiary/aromatic N) is 2. The van der Waals surface area contributed by atoms with Crippen molar-refractivity contribution in [3.05, 3.63) is 17.5 Å². The van der Waals surface area contributed by atoms with Crippen LogP contribution >= 0.6 is 24.0 Å². The quantitative estimate of drug-likeness (QED) is 0.413. The van der Waals surface area contributed by atoms with Crippen molar-refractivity contribution in [3.63, 3.8) is 0 Å². The Balaban J connectivity index is 0.00000441. The van der Waals surface area contributed by atoms with E-state index in [0.29, 0.717) is 12.5 Å². The van der Waals surface area contributed by atoms with Gasteiger partial charge in [-0.2, -0.15) is 0 Å². The summed E-state index contributed by atoms with van der Waals surface area (Å²) in [7, 11) is 0. The zero-order valence-electron chi connectivity index (χ0n) is 14.7. The smallest absolute Gasteiger partial charge is 0.192 e. The largest absolute Gasteiger partial charge is 0.359 e. The Morgan fingerprint density at radius 2 is 1.91 bits per heavy atom. The van der Waals surface area contributed by atoms with Crippen LogP contribution in [0.3, 0.4) is 0 Å². The van der Waals surface area contributed by atoms with Crippen molar-refractivity contribution in [1.29, 1.82) is 0 Å². The second kappa shape index (κ2) is 10.1. The van der Waals surface area contributed by atoms with E-state index in [2.05, 4.69) is 62.3 Å². The van der Waals surface area contributed by atoms with Crippen molar-refractivity contribution >= 4 is 29.9 Å². The normalized spacial score (nSPS) is 12.2. The molecular weight excluding hydrogens is 391 g/mol. The Morgan fingerprint density at radius 3 is 2.41 bits per heavy atom. The lowest BCUT2D eigenvalue weighted by molar-refractivity contribution is 0.372. The molecule has 0 bridgehead atoms. The van der Waals surface area contributed by atoms with Crippen LogP contribution in [0.4, 0.5) is 0 Å². The number of guanidine groups is 1. The van der Waals surface area contributed by atoms with Crippen molar-refractivity contribution in [2.24, 2.45) is 4.99 Å². The van der Waals surface area contributed by atoms with Gasteiger partial charge in [-0.15, -0.1) is 24.0 Å². The molecule has 0 saturated heterocycles. The minimum atomic E-state index is -0.0247. The fourth-order valence-electron chi connectivity index (χ4n) is 2.12. The van der Waals surface area contributed by atoms with Crippen molar-refractivity contribution < 1.29 is 4.52 Å². The number of hydrogen-bond donors (Lipinski definition) is 2. The summed E-state index contributed by atoms with van der Waals surface area (Å²) in [4.78, 5) is 4.55. The highest BCUT2D eigenvalue weighted by molar-refractivity contribution is 14.0. The van der Waals surface area contributed by atoms with Crippen molar-refractivity contribution in [2.45, 2.75) is 72.4 Å². The van der Waals surface area contributed by atoms with Crippen molar-refractivity contribution in [2.75, 3.05) is 6.54 Å². The summed E-state index contributed by atoms with van der Waals surface area (Å²) < 4.78 is 5.40. The van der Waals surface area contributed by atoms with E-state index in [1.165, 1.54) is 0 Å². The molecule has 0 radical (unpaired) electrons. The maximum absolute atomic E-state index is 5.40. The van der Waals surface area contributed by atoms with E-state index in [-0.39, 0.29) is 29.5 Å². The number of hydrogen-bond acceptors (Lipinski definition) is 3. The third-order valence-electron chi connectivity index (χ3n) is 3.21. The Hall–Kier alpha value is -0.790. The number of rotatable bonds is 6. The molecule has 1 rings (SSSR count). The van der Waals surface area contributed by atoms with Gasteiger partial charge in [0.25, 0.3) is 0 Å². The van der Waals surface area contributed by atoms with Gasteiger partial charge in [-0.05, 0) is 40.5 Å². The second-order valence-electron chi connectivity index (χ2n) is 6.30. The molecule has 0 unspecified atom stereocenters. The van der Waals surface area contributed by atoms with E-state index in [1.54, 1.807) is 0 Å². The number of aliphatic imine (C=N–C) groups is 1. The number of nitrogens with one attached hydrogen (secondary N) is 2. The Bertz CT molecular complexity index is 447. The summed E-state index contributed by atoms with van der Waals surface area (Å²) in [6.45, 7) is 14.1. The zero-order chi connectivity index (χ0) is 15.9. The zero-order valence-corrected chi connectivity index (χ0v) is 17.0. The van der Waals surface area contributed by atoms with Gasteiger partial charge in [0.2, 0.25) is 0 Å². The highest BCUT2D eigenvalue weighted by Crippen LogP contribution is 2.22. The third kappa shape index (κ3) is 7.47. The third-order valence-corrected chi connectivity index (χ3v) is 3.21. The lowest BCUT2D eigenvalue weighted by Crippen LogP contribution is -2.47. The SMILES string of the molecule is CCNC(=NCc1cc(C(CC)CC)no1)NC(C)(C)C.I. The summed E-state index contributed by atoms with van der Waals surface area (Å²) in [5, 5.41) is 10.8. The molecule has 2 N–H and O–H groups in total. The summed E-state index contributed by atoms with van der Waals surface area (Å²) in [6.07, 6.45) is 2.17. The fraction of sp³-hybridized carbons (Fsp3) is 0.750. The first-order valence-corrected chi connectivity index (χ1v) is 7.91. The molecule has 0 aromatic carbocycles. The molecule has 5 nitrogen and oxygen atoms in total. The Labute approximate surface area is 151 Å². The van der Waals surface area contributed by atoms with Crippen LogP contribution in [-0.4, -0.2) is 23.2 Å². The van der Waals surface area contributed by atoms with Crippen LogP contribution in [0.15, 0.2) is 15.6 Å². The van der Waals surface area contributed by atoms with E-state index in [1.807, 2.05) is 6.07 Å². The first-order chi connectivity index (χ1) is 9.89. The molecule has 0 fully saturated rings. The van der Waals surface area contributed by atoms with E-state index < -0.39 is 0 Å². The van der Waals surface area contributed by atoms with Gasteiger partial charge in [0.1, 0.15) is 6.54 Å². The Kier molecular flexibility index (Phi) is 9.71. The molecular formula is C16H31IN4O. The average Bonchev–Trinajstić information content (AvgIpc) is 2.85. The van der Waals surface area contributed by atoms with Crippen LogP contribution in [0.25, 0.3) is 0 Å². The molecule has 6 heteroatoms. The summed E-state index contributed by atoms with van der Waals surface area (Å²) >= 11 is 0. The lowest BCUT2D eigenvalue weighted by atomic mass is 9.99.